The number of carboxylic acids is 1. The largest absolute Gasteiger partial charge is 0.476 e. The standard InChI is InChI=1S/C9H8N2O2/c1-2-3-4-7-5-11-8(6-10-7)9(12)13/h5-6H,4H2,1H3,(H,12,13). The van der Waals surface area contributed by atoms with Gasteiger partial charge in [0.2, 0.25) is 0 Å². The van der Waals surface area contributed by atoms with E-state index in [2.05, 4.69) is 21.8 Å². The van der Waals surface area contributed by atoms with Gasteiger partial charge in [0.1, 0.15) is 0 Å². The molecule has 0 aliphatic carbocycles. The molecule has 1 rings (SSSR count). The summed E-state index contributed by atoms with van der Waals surface area (Å²) in [5, 5.41) is 8.52. The molecule has 0 unspecified atom stereocenters. The Hall–Kier alpha value is -1.89. The van der Waals surface area contributed by atoms with E-state index < -0.39 is 5.97 Å². The molecule has 1 aromatic rings. The Morgan fingerprint density at radius 2 is 2.31 bits per heavy atom. The maximum atomic E-state index is 10.4. The minimum absolute atomic E-state index is 0.0480. The quantitative estimate of drug-likeness (QED) is 0.675. The van der Waals surface area contributed by atoms with E-state index in [1.807, 2.05) is 0 Å². The number of nitrogens with zero attached hydrogens (tertiary/aromatic N) is 2. The minimum atomic E-state index is -1.07. The van der Waals surface area contributed by atoms with Crippen LogP contribution in [0.1, 0.15) is 23.1 Å². The first kappa shape index (κ1) is 9.20. The van der Waals surface area contributed by atoms with Gasteiger partial charge in [-0.05, 0) is 6.92 Å². The Labute approximate surface area is 75.7 Å². The summed E-state index contributed by atoms with van der Waals surface area (Å²) < 4.78 is 0. The van der Waals surface area contributed by atoms with Crippen molar-refractivity contribution < 1.29 is 9.90 Å². The van der Waals surface area contributed by atoms with Crippen LogP contribution in [0.25, 0.3) is 0 Å². The van der Waals surface area contributed by atoms with E-state index in [0.29, 0.717) is 12.1 Å². The molecule has 0 aromatic carbocycles. The molecule has 4 nitrogen and oxygen atoms in total. The van der Waals surface area contributed by atoms with Crippen LogP contribution in [0.5, 0.6) is 0 Å². The molecule has 0 aliphatic rings. The molecule has 0 bridgehead atoms. The van der Waals surface area contributed by atoms with E-state index in [0.717, 1.165) is 0 Å². The third-order valence-corrected chi connectivity index (χ3v) is 1.37. The summed E-state index contributed by atoms with van der Waals surface area (Å²) in [6.45, 7) is 1.74. The maximum absolute atomic E-state index is 10.4. The van der Waals surface area contributed by atoms with E-state index in [1.165, 1.54) is 12.4 Å². The van der Waals surface area contributed by atoms with E-state index in [9.17, 15) is 4.79 Å². The van der Waals surface area contributed by atoms with Crippen LogP contribution in [-0.4, -0.2) is 21.0 Å². The van der Waals surface area contributed by atoms with Crippen molar-refractivity contribution in [1.29, 1.82) is 0 Å². The fraction of sp³-hybridized carbons (Fsp3) is 0.222. The molecule has 0 spiro atoms. The highest BCUT2D eigenvalue weighted by Crippen LogP contribution is 1.95. The molecule has 0 atom stereocenters. The van der Waals surface area contributed by atoms with Crippen molar-refractivity contribution in [2.75, 3.05) is 0 Å². The van der Waals surface area contributed by atoms with E-state index >= 15 is 0 Å². The van der Waals surface area contributed by atoms with Gasteiger partial charge in [-0.15, -0.1) is 5.92 Å². The lowest BCUT2D eigenvalue weighted by Gasteiger charge is -1.94. The molecule has 66 valence electrons. The van der Waals surface area contributed by atoms with Gasteiger partial charge in [-0.2, -0.15) is 0 Å². The number of hydrogen-bond donors (Lipinski definition) is 1. The first-order chi connectivity index (χ1) is 6.24. The number of rotatable bonds is 2. The molecule has 0 fully saturated rings. The topological polar surface area (TPSA) is 63.1 Å². The van der Waals surface area contributed by atoms with Gasteiger partial charge in [0.15, 0.2) is 5.69 Å². The summed E-state index contributed by atoms with van der Waals surface area (Å²) in [5.41, 5.74) is 0.632. The summed E-state index contributed by atoms with van der Waals surface area (Å²) >= 11 is 0. The summed E-state index contributed by atoms with van der Waals surface area (Å²) in [6, 6.07) is 0. The van der Waals surface area contributed by atoms with Gasteiger partial charge in [-0.1, -0.05) is 5.92 Å². The van der Waals surface area contributed by atoms with Crippen molar-refractivity contribution in [3.8, 4) is 11.8 Å². The van der Waals surface area contributed by atoms with Crippen LogP contribution in [0.2, 0.25) is 0 Å². The number of hydrogen-bond acceptors (Lipinski definition) is 3. The first-order valence-electron chi connectivity index (χ1n) is 3.68. The van der Waals surface area contributed by atoms with Crippen LogP contribution in [0, 0.1) is 11.8 Å². The molecule has 1 heterocycles. The molecule has 0 radical (unpaired) electrons. The van der Waals surface area contributed by atoms with Crippen LogP contribution in [0.4, 0.5) is 0 Å². The summed E-state index contributed by atoms with van der Waals surface area (Å²) in [6.07, 6.45) is 3.16. The lowest BCUT2D eigenvalue weighted by Crippen LogP contribution is -2.02. The fourth-order valence-corrected chi connectivity index (χ4v) is 0.735. The third-order valence-electron chi connectivity index (χ3n) is 1.37. The zero-order chi connectivity index (χ0) is 9.68. The molecule has 4 heteroatoms. The van der Waals surface area contributed by atoms with Crippen molar-refractivity contribution in [2.24, 2.45) is 0 Å². The number of aromatic carboxylic acids is 1. The van der Waals surface area contributed by atoms with Crippen LogP contribution >= 0.6 is 0 Å². The van der Waals surface area contributed by atoms with Gasteiger partial charge in [0.25, 0.3) is 0 Å². The van der Waals surface area contributed by atoms with Crippen LogP contribution in [-0.2, 0) is 6.42 Å². The molecule has 1 aromatic heterocycles. The SMILES string of the molecule is CC#CCc1cnc(C(=O)O)cn1. The zero-order valence-corrected chi connectivity index (χ0v) is 7.11. The second-order valence-electron chi connectivity index (χ2n) is 2.30. The number of carbonyl (C=O) groups is 1. The van der Waals surface area contributed by atoms with Gasteiger partial charge >= 0.3 is 5.97 Å². The van der Waals surface area contributed by atoms with Gasteiger partial charge in [0, 0.05) is 0 Å². The van der Waals surface area contributed by atoms with E-state index in [4.69, 9.17) is 5.11 Å². The predicted molar refractivity (Wildman–Crippen MR) is 46.1 cm³/mol. The summed E-state index contributed by atoms with van der Waals surface area (Å²) in [4.78, 5) is 18.0. The maximum Gasteiger partial charge on any atom is 0.356 e. The molecular weight excluding hydrogens is 168 g/mol. The smallest absolute Gasteiger partial charge is 0.356 e. The Kier molecular flexibility index (Phi) is 2.98. The Bertz CT molecular complexity index is 359. The highest BCUT2D eigenvalue weighted by Gasteiger charge is 2.03. The number of aromatic nitrogens is 2. The monoisotopic (exact) mass is 176 g/mol. The fourth-order valence-electron chi connectivity index (χ4n) is 0.735. The van der Waals surface area contributed by atoms with Crippen molar-refractivity contribution in [3.05, 3.63) is 23.8 Å². The van der Waals surface area contributed by atoms with E-state index in [-0.39, 0.29) is 5.69 Å². The van der Waals surface area contributed by atoms with Crippen molar-refractivity contribution in [3.63, 3.8) is 0 Å². The van der Waals surface area contributed by atoms with Gasteiger partial charge in [-0.25, -0.2) is 9.78 Å². The predicted octanol–water partition coefficient (Wildman–Crippen LogP) is 0.741. The highest BCUT2D eigenvalue weighted by atomic mass is 16.4. The lowest BCUT2D eigenvalue weighted by molar-refractivity contribution is 0.0690. The summed E-state index contributed by atoms with van der Waals surface area (Å²) in [5.74, 6) is 4.46. The zero-order valence-electron chi connectivity index (χ0n) is 7.11. The van der Waals surface area contributed by atoms with Crippen LogP contribution < -0.4 is 0 Å². The minimum Gasteiger partial charge on any atom is -0.476 e. The number of carboxylic acid groups (broad SMARTS) is 1. The van der Waals surface area contributed by atoms with Gasteiger partial charge in [0.05, 0.1) is 24.5 Å². The Morgan fingerprint density at radius 1 is 1.54 bits per heavy atom. The third kappa shape index (κ3) is 2.56. The van der Waals surface area contributed by atoms with Crippen molar-refractivity contribution >= 4 is 5.97 Å². The molecular formula is C9H8N2O2. The first-order valence-corrected chi connectivity index (χ1v) is 3.68. The van der Waals surface area contributed by atoms with E-state index in [1.54, 1.807) is 6.92 Å². The molecule has 1 N–H and O–H groups in total. The van der Waals surface area contributed by atoms with Crippen molar-refractivity contribution in [2.45, 2.75) is 13.3 Å². The average Bonchev–Trinajstić information content (AvgIpc) is 2.15. The average molecular weight is 176 g/mol. The van der Waals surface area contributed by atoms with Crippen molar-refractivity contribution in [1.82, 2.24) is 9.97 Å². The molecule has 0 saturated heterocycles. The second kappa shape index (κ2) is 4.21. The Morgan fingerprint density at radius 3 is 2.77 bits per heavy atom. The van der Waals surface area contributed by atoms with Gasteiger partial charge in [-0.3, -0.25) is 4.98 Å². The summed E-state index contributed by atoms with van der Waals surface area (Å²) in [7, 11) is 0. The molecule has 0 saturated carbocycles. The van der Waals surface area contributed by atoms with Crippen LogP contribution in [0.15, 0.2) is 12.4 Å². The molecule has 0 aliphatic heterocycles. The van der Waals surface area contributed by atoms with Crippen LogP contribution in [0.3, 0.4) is 0 Å². The Balaban J connectivity index is 2.79. The molecule has 0 amide bonds. The lowest BCUT2D eigenvalue weighted by atomic mass is 10.3. The van der Waals surface area contributed by atoms with Gasteiger partial charge < -0.3 is 5.11 Å². The second-order valence-corrected chi connectivity index (χ2v) is 2.30. The highest BCUT2D eigenvalue weighted by molar-refractivity contribution is 5.84. The molecule has 13 heavy (non-hydrogen) atoms. The normalized spacial score (nSPS) is 8.69.